The van der Waals surface area contributed by atoms with E-state index in [0.717, 1.165) is 6.42 Å². The summed E-state index contributed by atoms with van der Waals surface area (Å²) in [5.74, 6) is -0.252. The minimum atomic E-state index is -3.34. The van der Waals surface area contributed by atoms with Crippen molar-refractivity contribution in [2.24, 2.45) is 5.92 Å². The molecule has 12 heteroatoms. The van der Waals surface area contributed by atoms with E-state index in [9.17, 15) is 18.5 Å². The van der Waals surface area contributed by atoms with Gasteiger partial charge in [-0.2, -0.15) is 10.2 Å². The molecule has 3 aromatic heterocycles. The van der Waals surface area contributed by atoms with Gasteiger partial charge >= 0.3 is 0 Å². The summed E-state index contributed by atoms with van der Waals surface area (Å²) in [7, 11) is -3.34. The molecule has 1 saturated carbocycles. The average molecular weight is 474 g/mol. The van der Waals surface area contributed by atoms with E-state index in [2.05, 4.69) is 31.3 Å². The van der Waals surface area contributed by atoms with Gasteiger partial charge in [0, 0.05) is 6.20 Å². The van der Waals surface area contributed by atoms with Crippen LogP contribution < -0.4 is 10.9 Å². The number of pyridine rings is 1. The van der Waals surface area contributed by atoms with Gasteiger partial charge in [-0.15, -0.1) is 0 Å². The lowest BCUT2D eigenvalue weighted by Crippen LogP contribution is -2.31. The second kappa shape index (κ2) is 8.80. The number of nitrogens with one attached hydrogen (secondary N) is 1. The van der Waals surface area contributed by atoms with Crippen LogP contribution >= 0.6 is 11.6 Å². The third kappa shape index (κ3) is 4.16. The van der Waals surface area contributed by atoms with E-state index >= 15 is 0 Å². The smallest absolute Gasteiger partial charge is 0.295 e. The van der Waals surface area contributed by atoms with Crippen molar-refractivity contribution < 1.29 is 8.42 Å². The molecule has 0 radical (unpaired) electrons. The van der Waals surface area contributed by atoms with Gasteiger partial charge < -0.3 is 5.32 Å². The summed E-state index contributed by atoms with van der Waals surface area (Å²) < 4.78 is 25.4. The molecular formula is C20H20ClN7O3S. The number of nitriles is 1. The Morgan fingerprint density at radius 1 is 1.25 bits per heavy atom. The Morgan fingerprint density at radius 2 is 2.06 bits per heavy atom. The maximum Gasteiger partial charge on any atom is 0.295 e. The first-order chi connectivity index (χ1) is 15.3. The van der Waals surface area contributed by atoms with Crippen LogP contribution in [-0.4, -0.2) is 38.7 Å². The number of anilines is 1. The molecule has 1 aliphatic rings. The Bertz CT molecular complexity index is 1370. The number of halogens is 1. The topological polar surface area (TPSA) is 144 Å². The molecule has 10 nitrogen and oxygen atoms in total. The van der Waals surface area contributed by atoms with E-state index in [4.69, 9.17) is 11.6 Å². The van der Waals surface area contributed by atoms with Gasteiger partial charge in [0.1, 0.15) is 5.52 Å². The summed E-state index contributed by atoms with van der Waals surface area (Å²) >= 11 is 5.96. The van der Waals surface area contributed by atoms with Crippen LogP contribution in [0.25, 0.3) is 11.2 Å². The number of aromatic nitrogens is 5. The fourth-order valence-electron chi connectivity index (χ4n) is 3.84. The molecule has 1 fully saturated rings. The van der Waals surface area contributed by atoms with Crippen LogP contribution in [0.4, 0.5) is 5.82 Å². The zero-order valence-corrected chi connectivity index (χ0v) is 18.8. The van der Waals surface area contributed by atoms with Gasteiger partial charge in [0.2, 0.25) is 5.28 Å². The van der Waals surface area contributed by atoms with Crippen LogP contribution in [0.15, 0.2) is 34.2 Å². The quantitative estimate of drug-likeness (QED) is 0.533. The Labute approximate surface area is 189 Å². The predicted molar refractivity (Wildman–Crippen MR) is 118 cm³/mol. The fourth-order valence-corrected chi connectivity index (χ4v) is 4.79. The Kier molecular flexibility index (Phi) is 6.08. The number of hydrogen-bond acceptors (Lipinski definition) is 9. The van der Waals surface area contributed by atoms with Crippen molar-refractivity contribution in [3.05, 3.63) is 45.9 Å². The molecule has 0 aromatic carbocycles. The van der Waals surface area contributed by atoms with Crippen molar-refractivity contribution in [1.29, 1.82) is 5.26 Å². The van der Waals surface area contributed by atoms with Gasteiger partial charge in [0.25, 0.3) is 5.56 Å². The third-order valence-corrected chi connectivity index (χ3v) is 7.46. The van der Waals surface area contributed by atoms with Crippen molar-refractivity contribution >= 4 is 38.4 Å². The second-order valence-electron chi connectivity index (χ2n) is 7.46. The molecule has 0 amide bonds. The van der Waals surface area contributed by atoms with Crippen molar-refractivity contribution in [2.45, 2.75) is 43.7 Å². The van der Waals surface area contributed by atoms with Gasteiger partial charge in [-0.25, -0.2) is 18.4 Å². The molecule has 0 spiro atoms. The number of fused-ring (bicyclic) bond motifs is 1. The molecule has 3 aromatic rings. The first kappa shape index (κ1) is 22.1. The van der Waals surface area contributed by atoms with Crippen molar-refractivity contribution in [3.8, 4) is 6.07 Å². The highest BCUT2D eigenvalue weighted by Crippen LogP contribution is 2.35. The number of hydrogen-bond donors (Lipinski definition) is 1. The van der Waals surface area contributed by atoms with Gasteiger partial charge in [0.15, 0.2) is 21.3 Å². The first-order valence-corrected chi connectivity index (χ1v) is 12.1. The molecule has 1 N–H and O–H groups in total. The van der Waals surface area contributed by atoms with E-state index in [1.54, 1.807) is 13.0 Å². The highest BCUT2D eigenvalue weighted by molar-refractivity contribution is 7.91. The molecule has 0 aliphatic heterocycles. The minimum absolute atomic E-state index is 0.00835. The third-order valence-electron chi connectivity index (χ3n) is 5.55. The van der Waals surface area contributed by atoms with Crippen LogP contribution in [0.1, 0.15) is 37.9 Å². The van der Waals surface area contributed by atoms with Crippen molar-refractivity contribution in [1.82, 2.24) is 24.5 Å². The minimum Gasteiger partial charge on any atom is -0.360 e. The highest BCUT2D eigenvalue weighted by atomic mass is 35.5. The molecular weight excluding hydrogens is 454 g/mol. The Morgan fingerprint density at radius 3 is 2.75 bits per heavy atom. The predicted octanol–water partition coefficient (Wildman–Crippen LogP) is 2.51. The number of nitrogens with zero attached hydrogens (tertiary/aromatic N) is 6. The summed E-state index contributed by atoms with van der Waals surface area (Å²) in [5, 5.41) is 12.5. The lowest BCUT2D eigenvalue weighted by atomic mass is 10.1. The lowest BCUT2D eigenvalue weighted by molar-refractivity contribution is 0.447. The molecule has 0 saturated heterocycles. The SMILES string of the molecule is CCS(=O)(=O)c1ccc(CNc2nc3cnc(Cl)nc3n([C@H]3CCCC3C#N)c2=O)nc1. The van der Waals surface area contributed by atoms with E-state index in [1.165, 1.54) is 23.0 Å². The summed E-state index contributed by atoms with van der Waals surface area (Å²) in [6.45, 7) is 1.72. The van der Waals surface area contributed by atoms with Crippen LogP contribution in [0.5, 0.6) is 0 Å². The van der Waals surface area contributed by atoms with Crippen molar-refractivity contribution in [3.63, 3.8) is 0 Å². The maximum atomic E-state index is 13.3. The molecule has 1 unspecified atom stereocenters. The average Bonchev–Trinajstić information content (AvgIpc) is 3.26. The van der Waals surface area contributed by atoms with E-state index in [0.29, 0.717) is 29.7 Å². The van der Waals surface area contributed by atoms with Gasteiger partial charge in [-0.05, 0) is 43.0 Å². The molecule has 1 aliphatic carbocycles. The first-order valence-electron chi connectivity index (χ1n) is 10.1. The van der Waals surface area contributed by atoms with E-state index < -0.39 is 15.4 Å². The zero-order valence-electron chi connectivity index (χ0n) is 17.2. The van der Waals surface area contributed by atoms with Crippen molar-refractivity contribution in [2.75, 3.05) is 11.1 Å². The van der Waals surface area contributed by atoms with Crippen LogP contribution in [0.2, 0.25) is 5.28 Å². The van der Waals surface area contributed by atoms with E-state index in [-0.39, 0.29) is 40.3 Å². The van der Waals surface area contributed by atoms with Crippen LogP contribution in [0.3, 0.4) is 0 Å². The Hall–Kier alpha value is -3.10. The summed E-state index contributed by atoms with van der Waals surface area (Å²) in [6.07, 6.45) is 4.94. The Balaban J connectivity index is 1.69. The largest absolute Gasteiger partial charge is 0.360 e. The molecule has 3 heterocycles. The molecule has 166 valence electrons. The normalized spacial score (nSPS) is 18.5. The number of rotatable bonds is 6. The van der Waals surface area contributed by atoms with Gasteiger partial charge in [0.05, 0.1) is 47.1 Å². The molecule has 2 atom stereocenters. The van der Waals surface area contributed by atoms with E-state index in [1.807, 2.05) is 0 Å². The highest BCUT2D eigenvalue weighted by Gasteiger charge is 2.32. The molecule has 32 heavy (non-hydrogen) atoms. The maximum absolute atomic E-state index is 13.3. The lowest BCUT2D eigenvalue weighted by Gasteiger charge is -2.20. The monoisotopic (exact) mass is 473 g/mol. The molecule has 4 rings (SSSR count). The summed E-state index contributed by atoms with van der Waals surface area (Å²) in [6, 6.07) is 5.02. The summed E-state index contributed by atoms with van der Waals surface area (Å²) in [4.78, 5) is 30.1. The van der Waals surface area contributed by atoms with Crippen LogP contribution in [0, 0.1) is 17.2 Å². The fraction of sp³-hybridized carbons (Fsp3) is 0.400. The second-order valence-corrected chi connectivity index (χ2v) is 10.1. The van der Waals surface area contributed by atoms with Crippen LogP contribution in [-0.2, 0) is 16.4 Å². The standard InChI is InChI=1S/C20H20ClN7O3S/c1-2-32(30,31)14-7-6-13(23-10-14)9-24-17-19(29)28(16-5-3-4-12(16)8-22)18-15(26-17)11-25-20(21)27-18/h6-7,10-12,16H,2-5,9H2,1H3,(H,24,26)/t12?,16-/m0/s1. The van der Waals surface area contributed by atoms with Gasteiger partial charge in [-0.3, -0.25) is 14.3 Å². The zero-order chi connectivity index (χ0) is 22.9. The number of sulfone groups is 1. The molecule has 0 bridgehead atoms. The summed E-state index contributed by atoms with van der Waals surface area (Å²) in [5.41, 5.74) is 0.790. The van der Waals surface area contributed by atoms with Gasteiger partial charge in [-0.1, -0.05) is 6.92 Å².